The number of hydrogen-bond donors (Lipinski definition) is 1. The van der Waals surface area contributed by atoms with Crippen molar-refractivity contribution in [2.45, 2.75) is 32.5 Å². The number of rotatable bonds is 4. The van der Waals surface area contributed by atoms with E-state index < -0.39 is 0 Å². The summed E-state index contributed by atoms with van der Waals surface area (Å²) in [6.45, 7) is 7.30. The average molecular weight is 277 g/mol. The molecule has 1 fully saturated rings. The molecule has 0 aliphatic carbocycles. The monoisotopic (exact) mass is 277 g/mol. The van der Waals surface area contributed by atoms with Crippen molar-refractivity contribution < 1.29 is 4.74 Å². The van der Waals surface area contributed by atoms with Crippen LogP contribution < -0.4 is 10.5 Å². The van der Waals surface area contributed by atoms with Gasteiger partial charge in [0, 0.05) is 37.8 Å². The van der Waals surface area contributed by atoms with Crippen LogP contribution in [0.25, 0.3) is 0 Å². The summed E-state index contributed by atoms with van der Waals surface area (Å²) in [5.74, 6) is 0.907. The van der Waals surface area contributed by atoms with Gasteiger partial charge in [-0.1, -0.05) is 12.1 Å². The Morgan fingerprint density at radius 1 is 1.35 bits per heavy atom. The van der Waals surface area contributed by atoms with Crippen LogP contribution in [0.5, 0.6) is 5.75 Å². The first-order valence-corrected chi connectivity index (χ1v) is 7.42. The minimum atomic E-state index is 0.522. The smallest absolute Gasteiger partial charge is 0.123 e. The second-order valence-corrected chi connectivity index (χ2v) is 5.79. The van der Waals surface area contributed by atoms with Gasteiger partial charge in [0.15, 0.2) is 0 Å². The Balaban J connectivity index is 2.08. The van der Waals surface area contributed by atoms with Crippen LogP contribution >= 0.6 is 0 Å². The molecule has 0 saturated carbocycles. The molecule has 0 spiro atoms. The first-order valence-electron chi connectivity index (χ1n) is 7.42. The first kappa shape index (κ1) is 15.3. The van der Waals surface area contributed by atoms with E-state index in [1.165, 1.54) is 18.5 Å². The highest BCUT2D eigenvalue weighted by molar-refractivity contribution is 5.37. The van der Waals surface area contributed by atoms with Gasteiger partial charge < -0.3 is 15.4 Å². The molecule has 1 saturated heterocycles. The van der Waals surface area contributed by atoms with Crippen LogP contribution in [-0.4, -0.2) is 49.6 Å². The quantitative estimate of drug-likeness (QED) is 0.909. The lowest BCUT2D eigenvalue weighted by molar-refractivity contribution is 0.194. The fourth-order valence-electron chi connectivity index (χ4n) is 2.95. The van der Waals surface area contributed by atoms with E-state index in [1.807, 2.05) is 0 Å². The molecular formula is C16H27N3O. The summed E-state index contributed by atoms with van der Waals surface area (Å²) in [7, 11) is 3.92. The molecule has 1 heterocycles. The average Bonchev–Trinajstić information content (AvgIpc) is 2.60. The predicted octanol–water partition coefficient (Wildman–Crippen LogP) is 1.68. The second-order valence-electron chi connectivity index (χ2n) is 5.79. The molecule has 4 heteroatoms. The van der Waals surface area contributed by atoms with Crippen molar-refractivity contribution in [3.8, 4) is 5.75 Å². The molecule has 2 N–H and O–H groups in total. The van der Waals surface area contributed by atoms with Crippen molar-refractivity contribution in [1.29, 1.82) is 0 Å². The first-order chi connectivity index (χ1) is 9.63. The minimum absolute atomic E-state index is 0.522. The van der Waals surface area contributed by atoms with Gasteiger partial charge in [-0.3, -0.25) is 4.90 Å². The van der Waals surface area contributed by atoms with Crippen LogP contribution in [0.15, 0.2) is 18.2 Å². The lowest BCUT2D eigenvalue weighted by atomic mass is 10.1. The van der Waals surface area contributed by atoms with Crippen LogP contribution in [0.2, 0.25) is 0 Å². The van der Waals surface area contributed by atoms with Crippen molar-refractivity contribution in [2.75, 3.05) is 33.8 Å². The molecule has 112 valence electrons. The van der Waals surface area contributed by atoms with Gasteiger partial charge in [0.1, 0.15) is 5.75 Å². The van der Waals surface area contributed by atoms with Gasteiger partial charge in [0.25, 0.3) is 0 Å². The number of likely N-dealkylation sites (N-methyl/N-ethyl adjacent to an activating group) is 1. The SMILES string of the molecule is COc1cc(CN2CCCN(C)CC2C)ccc1CN. The van der Waals surface area contributed by atoms with E-state index in [0.29, 0.717) is 12.6 Å². The van der Waals surface area contributed by atoms with Crippen molar-refractivity contribution >= 4 is 0 Å². The van der Waals surface area contributed by atoms with E-state index in [1.54, 1.807) is 7.11 Å². The van der Waals surface area contributed by atoms with E-state index >= 15 is 0 Å². The van der Waals surface area contributed by atoms with Crippen molar-refractivity contribution in [3.63, 3.8) is 0 Å². The minimum Gasteiger partial charge on any atom is -0.496 e. The maximum Gasteiger partial charge on any atom is 0.123 e. The Hall–Kier alpha value is -1.10. The van der Waals surface area contributed by atoms with Gasteiger partial charge in [0.05, 0.1) is 7.11 Å². The molecule has 0 aromatic heterocycles. The molecule has 1 aliphatic heterocycles. The van der Waals surface area contributed by atoms with Crippen molar-refractivity contribution in [1.82, 2.24) is 9.80 Å². The number of nitrogens with zero attached hydrogens (tertiary/aromatic N) is 2. The second kappa shape index (κ2) is 7.07. The third-order valence-corrected chi connectivity index (χ3v) is 4.14. The zero-order valence-electron chi connectivity index (χ0n) is 12.9. The highest BCUT2D eigenvalue weighted by Crippen LogP contribution is 2.22. The fraction of sp³-hybridized carbons (Fsp3) is 0.625. The zero-order valence-corrected chi connectivity index (χ0v) is 12.9. The normalized spacial score (nSPS) is 21.7. The Morgan fingerprint density at radius 2 is 2.15 bits per heavy atom. The van der Waals surface area contributed by atoms with E-state index in [0.717, 1.165) is 30.9 Å². The van der Waals surface area contributed by atoms with Crippen LogP contribution in [0.4, 0.5) is 0 Å². The summed E-state index contributed by atoms with van der Waals surface area (Å²) in [5.41, 5.74) is 8.09. The molecule has 1 unspecified atom stereocenters. The molecule has 4 nitrogen and oxygen atoms in total. The summed E-state index contributed by atoms with van der Waals surface area (Å²) in [6, 6.07) is 6.97. The Labute approximate surface area is 122 Å². The zero-order chi connectivity index (χ0) is 14.5. The Kier molecular flexibility index (Phi) is 5.40. The van der Waals surface area contributed by atoms with E-state index in [-0.39, 0.29) is 0 Å². The highest BCUT2D eigenvalue weighted by Gasteiger charge is 2.19. The summed E-state index contributed by atoms with van der Waals surface area (Å²) in [4.78, 5) is 4.98. The van der Waals surface area contributed by atoms with Gasteiger partial charge in [-0.15, -0.1) is 0 Å². The Bertz CT molecular complexity index is 436. The van der Waals surface area contributed by atoms with E-state index in [9.17, 15) is 0 Å². The molecule has 0 amide bonds. The summed E-state index contributed by atoms with van der Waals surface area (Å²) >= 11 is 0. The molecule has 1 aromatic carbocycles. The van der Waals surface area contributed by atoms with E-state index in [2.05, 4.69) is 42.0 Å². The van der Waals surface area contributed by atoms with Crippen LogP contribution in [0.1, 0.15) is 24.5 Å². The molecule has 1 atom stereocenters. The largest absolute Gasteiger partial charge is 0.496 e. The number of hydrogen-bond acceptors (Lipinski definition) is 4. The molecule has 1 aliphatic rings. The lowest BCUT2D eigenvalue weighted by Gasteiger charge is -2.28. The van der Waals surface area contributed by atoms with Gasteiger partial charge >= 0.3 is 0 Å². The fourth-order valence-corrected chi connectivity index (χ4v) is 2.95. The molecular weight excluding hydrogens is 250 g/mol. The molecule has 1 aromatic rings. The van der Waals surface area contributed by atoms with Crippen LogP contribution in [0, 0.1) is 0 Å². The highest BCUT2D eigenvalue weighted by atomic mass is 16.5. The summed E-state index contributed by atoms with van der Waals surface area (Å²) < 4.78 is 5.43. The molecule has 20 heavy (non-hydrogen) atoms. The maximum absolute atomic E-state index is 5.72. The van der Waals surface area contributed by atoms with Crippen LogP contribution in [0.3, 0.4) is 0 Å². The third kappa shape index (κ3) is 3.72. The maximum atomic E-state index is 5.72. The molecule has 2 rings (SSSR count). The van der Waals surface area contributed by atoms with E-state index in [4.69, 9.17) is 10.5 Å². The summed E-state index contributed by atoms with van der Waals surface area (Å²) in [5, 5.41) is 0. The molecule has 0 bridgehead atoms. The number of benzene rings is 1. The van der Waals surface area contributed by atoms with Crippen molar-refractivity contribution in [2.24, 2.45) is 5.73 Å². The predicted molar refractivity (Wildman–Crippen MR) is 82.9 cm³/mol. The Morgan fingerprint density at radius 3 is 2.85 bits per heavy atom. The van der Waals surface area contributed by atoms with Gasteiger partial charge in [-0.25, -0.2) is 0 Å². The van der Waals surface area contributed by atoms with Crippen LogP contribution in [-0.2, 0) is 13.1 Å². The third-order valence-electron chi connectivity index (χ3n) is 4.14. The van der Waals surface area contributed by atoms with Gasteiger partial charge in [-0.05, 0) is 38.6 Å². The standard InChI is InChI=1S/C16H27N3O/c1-13-11-18(2)7-4-8-19(13)12-14-5-6-15(10-17)16(9-14)20-3/h5-6,9,13H,4,7-8,10-12,17H2,1-3H3. The van der Waals surface area contributed by atoms with Gasteiger partial charge in [-0.2, -0.15) is 0 Å². The number of nitrogens with two attached hydrogens (primary N) is 1. The van der Waals surface area contributed by atoms with Gasteiger partial charge in [0.2, 0.25) is 0 Å². The van der Waals surface area contributed by atoms with Crippen molar-refractivity contribution in [3.05, 3.63) is 29.3 Å². The number of ether oxygens (including phenoxy) is 1. The topological polar surface area (TPSA) is 41.7 Å². The lowest BCUT2D eigenvalue weighted by Crippen LogP contribution is -2.37. The summed E-state index contributed by atoms with van der Waals surface area (Å²) in [6.07, 6.45) is 1.23. The number of methoxy groups -OCH3 is 1. The molecule has 0 radical (unpaired) electrons.